The second kappa shape index (κ2) is 25.2. The van der Waals surface area contributed by atoms with Crippen LogP contribution in [0.25, 0.3) is 0 Å². The summed E-state index contributed by atoms with van der Waals surface area (Å²) >= 11 is 0. The number of piperidine rings is 1. The van der Waals surface area contributed by atoms with Gasteiger partial charge in [-0.25, -0.2) is 4.79 Å². The van der Waals surface area contributed by atoms with Crippen LogP contribution in [0.4, 0.5) is 0 Å². The lowest BCUT2D eigenvalue weighted by molar-refractivity contribution is -0.265. The van der Waals surface area contributed by atoms with Gasteiger partial charge in [0.1, 0.15) is 24.4 Å². The second-order valence-corrected chi connectivity index (χ2v) is 19.7. The van der Waals surface area contributed by atoms with Gasteiger partial charge in [0.05, 0.1) is 24.4 Å². The summed E-state index contributed by atoms with van der Waals surface area (Å²) in [6.07, 6.45) is 14.5. The summed E-state index contributed by atoms with van der Waals surface area (Å²) in [6.45, 7) is 13.6. The maximum Gasteiger partial charge on any atom is 0.329 e. The molecule has 1 aliphatic carbocycles. The van der Waals surface area contributed by atoms with Crippen LogP contribution in [-0.4, -0.2) is 126 Å². The van der Waals surface area contributed by atoms with Crippen molar-refractivity contribution in [3.8, 4) is 0 Å². The zero-order chi connectivity index (χ0) is 47.3. The van der Waals surface area contributed by atoms with Gasteiger partial charge < -0.3 is 43.9 Å². The van der Waals surface area contributed by atoms with Gasteiger partial charge in [-0.2, -0.15) is 0 Å². The number of ketones is 2. The van der Waals surface area contributed by atoms with Crippen LogP contribution >= 0.6 is 0 Å². The third-order valence-electron chi connectivity index (χ3n) is 14.5. The minimum atomic E-state index is -2.38. The molecule has 2 bridgehead atoms. The van der Waals surface area contributed by atoms with Crippen molar-refractivity contribution >= 4 is 23.4 Å². The number of hydrogen-bond acceptors (Lipinski definition) is 12. The fraction of sp³-hybridized carbons (Fsp3) is 0.765. The summed E-state index contributed by atoms with van der Waals surface area (Å²) in [5.74, 6) is -6.09. The molecule has 64 heavy (non-hydrogen) atoms. The van der Waals surface area contributed by atoms with Crippen molar-refractivity contribution in [3.63, 3.8) is 0 Å². The number of cyclic esters (lactones) is 1. The molecule has 3 aliphatic heterocycles. The maximum absolute atomic E-state index is 14.4. The molecule has 1 amide bonds. The molecule has 13 nitrogen and oxygen atoms in total. The number of allylic oxidation sites excluding steroid dienone is 6. The SMILES string of the molecule is CO[C@H]1CC2CC[C@@H](C)[C@@](O)(O2)C(=O)C(=O)N2CCCCC2C(=O)OC([C@H](C)C[C@@H]2CC[C@@H](O)[C@H](OC)C2)CC[C@H](C)/C=C(\C)[C@@H](O)[C@@H](OC)C(=O)[C@H](C)C[C@H](C)/C=C/C=C/C=C/1C. The number of ether oxygens (including phenoxy) is 5. The Bertz CT molecular complexity index is 1670. The zero-order valence-corrected chi connectivity index (χ0v) is 40.4. The monoisotopic (exact) mass is 900 g/mol. The highest BCUT2D eigenvalue weighted by molar-refractivity contribution is 6.39. The van der Waals surface area contributed by atoms with Crippen LogP contribution in [0.5, 0.6) is 0 Å². The van der Waals surface area contributed by atoms with Crippen LogP contribution in [0.3, 0.4) is 0 Å². The van der Waals surface area contributed by atoms with Gasteiger partial charge in [0.25, 0.3) is 11.7 Å². The number of fused-ring (bicyclic) bond motifs is 3. The number of Topliss-reactive ketones (excluding diaryl/α,β-unsaturated/α-hetero) is 2. The first kappa shape index (κ1) is 53.6. The maximum atomic E-state index is 14.4. The Morgan fingerprint density at radius 2 is 1.55 bits per heavy atom. The number of esters is 1. The first-order chi connectivity index (χ1) is 30.3. The molecule has 3 fully saturated rings. The van der Waals surface area contributed by atoms with E-state index in [1.165, 1.54) is 12.0 Å². The number of aliphatic hydroxyl groups is 3. The number of nitrogens with zero attached hydrogens (tertiary/aromatic N) is 1. The smallest absolute Gasteiger partial charge is 0.329 e. The number of hydrogen-bond donors (Lipinski definition) is 3. The molecule has 0 spiro atoms. The molecule has 0 aromatic rings. The van der Waals surface area contributed by atoms with E-state index in [1.807, 2.05) is 64.2 Å². The second-order valence-electron chi connectivity index (χ2n) is 19.7. The molecule has 3 unspecified atom stereocenters. The highest BCUT2D eigenvalue weighted by atomic mass is 16.6. The Hall–Kier alpha value is -3.04. The molecule has 4 rings (SSSR count). The molecule has 1 saturated carbocycles. The van der Waals surface area contributed by atoms with E-state index in [2.05, 4.69) is 6.92 Å². The number of amides is 1. The highest BCUT2D eigenvalue weighted by Crippen LogP contribution is 2.38. The molecule has 13 heteroatoms. The highest BCUT2D eigenvalue weighted by Gasteiger charge is 2.53. The largest absolute Gasteiger partial charge is 0.461 e. The summed E-state index contributed by atoms with van der Waals surface area (Å²) in [4.78, 5) is 57.8. The fourth-order valence-corrected chi connectivity index (χ4v) is 10.3. The van der Waals surface area contributed by atoms with E-state index in [4.69, 9.17) is 23.7 Å². The molecule has 15 atom stereocenters. The van der Waals surface area contributed by atoms with Gasteiger partial charge in [0.2, 0.25) is 5.79 Å². The van der Waals surface area contributed by atoms with Crippen LogP contribution in [-0.2, 0) is 42.9 Å². The number of carbonyl (C=O) groups excluding carboxylic acids is 4. The molecule has 3 N–H and O–H groups in total. The van der Waals surface area contributed by atoms with Crippen LogP contribution in [0.2, 0.25) is 0 Å². The fourth-order valence-electron chi connectivity index (χ4n) is 10.3. The van der Waals surface area contributed by atoms with Gasteiger partial charge in [-0.05, 0) is 126 Å². The summed E-state index contributed by atoms with van der Waals surface area (Å²) < 4.78 is 29.6. The van der Waals surface area contributed by atoms with Gasteiger partial charge in [-0.3, -0.25) is 14.4 Å². The van der Waals surface area contributed by atoms with Crippen LogP contribution < -0.4 is 0 Å². The lowest BCUT2D eigenvalue weighted by atomic mass is 9.78. The van der Waals surface area contributed by atoms with Gasteiger partial charge in [-0.1, -0.05) is 71.1 Å². The number of aliphatic hydroxyl groups excluding tert-OH is 2. The standard InChI is InChI=1S/C51H81NO12/c1-31-16-12-11-13-17-33(3)43(60-8)30-39-22-20-37(7)51(59,64-39)48(56)49(57)52-25-15-14-18-40(52)50(58)63-42(34(4)28-38-21-23-41(53)44(29-38)61-9)24-19-32(2)27-36(6)46(55)47(62-10)45(54)35(5)26-31/h11-13,16-17,27,31-32,34-35,37-44,46-47,53,55,59H,14-15,18-26,28-30H2,1-10H3/b13-11+,16-12+,33-17+,36-27+/t31-,32+,34-,35-,37-,38+,39?,40?,41-,42?,43+,44-,46-,47+,51-/m1/s1. The lowest BCUT2D eigenvalue weighted by Crippen LogP contribution is -2.61. The third kappa shape index (κ3) is 14.2. The Morgan fingerprint density at radius 3 is 2.23 bits per heavy atom. The summed E-state index contributed by atoms with van der Waals surface area (Å²) in [6, 6.07) is -1.02. The van der Waals surface area contributed by atoms with Crippen LogP contribution in [0, 0.1) is 35.5 Å². The Kier molecular flexibility index (Phi) is 21.1. The van der Waals surface area contributed by atoms with Crippen molar-refractivity contribution in [1.82, 2.24) is 4.90 Å². The average molecular weight is 900 g/mol. The number of rotatable bonds is 6. The molecular weight excluding hydrogens is 819 g/mol. The quantitative estimate of drug-likeness (QED) is 0.142. The van der Waals surface area contributed by atoms with E-state index >= 15 is 0 Å². The van der Waals surface area contributed by atoms with Gasteiger partial charge in [0, 0.05) is 46.1 Å². The van der Waals surface area contributed by atoms with Gasteiger partial charge in [-0.15, -0.1) is 0 Å². The normalized spacial score (nSPS) is 40.8. The van der Waals surface area contributed by atoms with E-state index in [1.54, 1.807) is 28.1 Å². The van der Waals surface area contributed by atoms with E-state index in [0.29, 0.717) is 76.2 Å². The van der Waals surface area contributed by atoms with Crippen LogP contribution in [0.15, 0.2) is 47.6 Å². The first-order valence-electron chi connectivity index (χ1n) is 24.0. The summed E-state index contributed by atoms with van der Waals surface area (Å²) in [5, 5.41) is 33.9. The molecule has 4 aliphatic rings. The predicted octanol–water partition coefficient (Wildman–Crippen LogP) is 7.00. The van der Waals surface area contributed by atoms with Crippen molar-refractivity contribution in [2.45, 2.75) is 186 Å². The van der Waals surface area contributed by atoms with E-state index < -0.39 is 72.0 Å². The predicted molar refractivity (Wildman–Crippen MR) is 245 cm³/mol. The molecule has 362 valence electrons. The Morgan fingerprint density at radius 1 is 0.812 bits per heavy atom. The first-order valence-corrected chi connectivity index (χ1v) is 24.0. The minimum Gasteiger partial charge on any atom is -0.461 e. The summed E-state index contributed by atoms with van der Waals surface area (Å²) in [7, 11) is 4.65. The lowest BCUT2D eigenvalue weighted by Gasteiger charge is -2.42. The third-order valence-corrected chi connectivity index (χ3v) is 14.5. The average Bonchev–Trinajstić information content (AvgIpc) is 3.27. The number of carbonyl (C=O) groups is 4. The minimum absolute atomic E-state index is 0.0678. The van der Waals surface area contributed by atoms with E-state index in [-0.39, 0.29) is 48.0 Å². The molecule has 0 aromatic heterocycles. The van der Waals surface area contributed by atoms with E-state index in [9.17, 15) is 34.5 Å². The van der Waals surface area contributed by atoms with Gasteiger partial charge in [0.15, 0.2) is 5.78 Å². The van der Waals surface area contributed by atoms with E-state index in [0.717, 1.165) is 18.4 Å². The van der Waals surface area contributed by atoms with Crippen molar-refractivity contribution in [2.75, 3.05) is 27.9 Å². The molecule has 3 heterocycles. The number of methoxy groups -OCH3 is 3. The zero-order valence-electron chi connectivity index (χ0n) is 40.4. The Balaban J connectivity index is 1.67. The van der Waals surface area contributed by atoms with Crippen molar-refractivity contribution in [2.24, 2.45) is 35.5 Å². The van der Waals surface area contributed by atoms with Crippen molar-refractivity contribution in [3.05, 3.63) is 47.6 Å². The molecule has 0 radical (unpaired) electrons. The molecule has 2 saturated heterocycles. The Labute approximate surface area is 383 Å². The van der Waals surface area contributed by atoms with Crippen molar-refractivity contribution in [1.29, 1.82) is 0 Å². The van der Waals surface area contributed by atoms with Crippen LogP contribution in [0.1, 0.15) is 132 Å². The molecule has 0 aromatic carbocycles. The molecular formula is C51H81NO12. The topological polar surface area (TPSA) is 178 Å². The van der Waals surface area contributed by atoms with Gasteiger partial charge >= 0.3 is 5.97 Å². The summed E-state index contributed by atoms with van der Waals surface area (Å²) in [5.41, 5.74) is 1.51. The van der Waals surface area contributed by atoms with Crippen molar-refractivity contribution < 1.29 is 58.2 Å².